The number of hydrogen-bond acceptors (Lipinski definition) is 6. The number of carbonyl (C=O) groups excluding carboxylic acids is 2. The Hall–Kier alpha value is -4.40. The first-order chi connectivity index (χ1) is 19.6. The van der Waals surface area contributed by atoms with Gasteiger partial charge in [-0.25, -0.2) is 4.68 Å². The van der Waals surface area contributed by atoms with Crippen LogP contribution in [0.4, 0.5) is 0 Å². The Kier molecular flexibility index (Phi) is 8.59. The second kappa shape index (κ2) is 12.6. The first-order valence-electron chi connectivity index (χ1n) is 13.7. The fourth-order valence-electron chi connectivity index (χ4n) is 5.36. The number of para-hydroxylation sites is 1. The maximum atomic E-state index is 14.1. The SMILES string of the molecule is COc1cc(OC)cc([C@H](C(=O)NC2CCCC2)N(CCc2ccccc2)C(=O)Cn2nnc3ccccc32)c1. The van der Waals surface area contributed by atoms with Gasteiger partial charge in [0.05, 0.1) is 19.7 Å². The van der Waals surface area contributed by atoms with Crippen LogP contribution in [0.3, 0.4) is 0 Å². The summed E-state index contributed by atoms with van der Waals surface area (Å²) in [7, 11) is 3.14. The monoisotopic (exact) mass is 541 g/mol. The lowest BCUT2D eigenvalue weighted by Gasteiger charge is -2.33. The first-order valence-corrected chi connectivity index (χ1v) is 13.7. The molecule has 208 valence electrons. The van der Waals surface area contributed by atoms with E-state index in [0.717, 1.165) is 36.8 Å². The zero-order chi connectivity index (χ0) is 27.9. The molecule has 9 heteroatoms. The molecule has 1 saturated carbocycles. The van der Waals surface area contributed by atoms with Crippen molar-refractivity contribution in [3.63, 3.8) is 0 Å². The quantitative estimate of drug-likeness (QED) is 0.304. The van der Waals surface area contributed by atoms with Gasteiger partial charge in [-0.05, 0) is 54.7 Å². The number of hydrogen-bond donors (Lipinski definition) is 1. The minimum Gasteiger partial charge on any atom is -0.497 e. The molecular weight excluding hydrogens is 506 g/mol. The van der Waals surface area contributed by atoms with Crippen LogP contribution in [0.5, 0.6) is 11.5 Å². The van der Waals surface area contributed by atoms with E-state index in [1.807, 2.05) is 54.6 Å². The molecule has 0 saturated heterocycles. The molecule has 3 aromatic carbocycles. The number of nitrogens with zero attached hydrogens (tertiary/aromatic N) is 4. The summed E-state index contributed by atoms with van der Waals surface area (Å²) in [6.45, 7) is 0.279. The Bertz CT molecular complexity index is 1430. The molecule has 0 bridgehead atoms. The molecule has 5 rings (SSSR count). The van der Waals surface area contributed by atoms with Crippen LogP contribution >= 0.6 is 0 Å². The normalized spacial score (nSPS) is 14.2. The molecule has 0 unspecified atom stereocenters. The van der Waals surface area contributed by atoms with Gasteiger partial charge in [0.25, 0.3) is 0 Å². The summed E-state index contributed by atoms with van der Waals surface area (Å²) < 4.78 is 12.6. The molecule has 1 N–H and O–H groups in total. The van der Waals surface area contributed by atoms with E-state index in [-0.39, 0.29) is 24.4 Å². The van der Waals surface area contributed by atoms with Gasteiger partial charge in [-0.2, -0.15) is 0 Å². The van der Waals surface area contributed by atoms with Gasteiger partial charge in [-0.3, -0.25) is 9.59 Å². The van der Waals surface area contributed by atoms with Gasteiger partial charge in [0.15, 0.2) is 0 Å². The highest BCUT2D eigenvalue weighted by atomic mass is 16.5. The molecule has 9 nitrogen and oxygen atoms in total. The highest BCUT2D eigenvalue weighted by Crippen LogP contribution is 2.31. The molecule has 1 aromatic heterocycles. The summed E-state index contributed by atoms with van der Waals surface area (Å²) in [6, 6.07) is 22.0. The summed E-state index contributed by atoms with van der Waals surface area (Å²) in [5.74, 6) is 0.642. The van der Waals surface area contributed by atoms with Gasteiger partial charge in [-0.1, -0.05) is 60.5 Å². The molecule has 1 aliphatic rings. The third kappa shape index (κ3) is 6.25. The van der Waals surface area contributed by atoms with Gasteiger partial charge in [-0.15, -0.1) is 5.10 Å². The molecule has 4 aromatic rings. The molecule has 0 aliphatic heterocycles. The van der Waals surface area contributed by atoms with Crippen LogP contribution in [0.2, 0.25) is 0 Å². The largest absolute Gasteiger partial charge is 0.497 e. The highest BCUT2D eigenvalue weighted by molar-refractivity contribution is 5.89. The minimum absolute atomic E-state index is 0.0520. The molecule has 1 heterocycles. The van der Waals surface area contributed by atoms with Crippen LogP contribution < -0.4 is 14.8 Å². The third-order valence-corrected chi connectivity index (χ3v) is 7.46. The van der Waals surface area contributed by atoms with Gasteiger partial charge in [0, 0.05) is 18.7 Å². The van der Waals surface area contributed by atoms with E-state index in [2.05, 4.69) is 15.6 Å². The van der Waals surface area contributed by atoms with Gasteiger partial charge < -0.3 is 19.7 Å². The third-order valence-electron chi connectivity index (χ3n) is 7.46. The average Bonchev–Trinajstić information content (AvgIpc) is 3.65. The average molecular weight is 542 g/mol. The fourth-order valence-corrected chi connectivity index (χ4v) is 5.36. The van der Waals surface area contributed by atoms with E-state index in [9.17, 15) is 9.59 Å². The van der Waals surface area contributed by atoms with Crippen LogP contribution in [0.1, 0.15) is 42.9 Å². The number of ether oxygens (including phenoxy) is 2. The Morgan fingerprint density at radius 1 is 0.975 bits per heavy atom. The summed E-state index contributed by atoms with van der Waals surface area (Å²) in [4.78, 5) is 29.8. The Balaban J connectivity index is 1.54. The fraction of sp³-hybridized carbons (Fsp3) is 0.355. The maximum absolute atomic E-state index is 14.1. The first kappa shape index (κ1) is 27.2. The number of nitrogens with one attached hydrogen (secondary N) is 1. The molecule has 1 fully saturated rings. The van der Waals surface area contributed by atoms with E-state index in [1.54, 1.807) is 42.0 Å². The molecular formula is C31H35N5O4. The molecule has 1 aliphatic carbocycles. The van der Waals surface area contributed by atoms with E-state index in [0.29, 0.717) is 35.5 Å². The van der Waals surface area contributed by atoms with E-state index < -0.39 is 6.04 Å². The van der Waals surface area contributed by atoms with Gasteiger partial charge in [0.2, 0.25) is 11.8 Å². The van der Waals surface area contributed by atoms with Crippen LogP contribution in [-0.2, 0) is 22.6 Å². The standard InChI is InChI=1S/C31H35N5O4/c1-39-25-18-23(19-26(20-25)40-2)30(31(38)32-24-12-6-7-13-24)35(17-16-22-10-4-3-5-11-22)29(37)21-36-28-15-9-8-14-27(28)33-34-36/h3-5,8-11,14-15,18-20,24,30H,6-7,12-13,16-17,21H2,1-2H3,(H,32,38)/t30-/m1/s1. The van der Waals surface area contributed by atoms with Crippen molar-refractivity contribution in [1.29, 1.82) is 0 Å². The highest BCUT2D eigenvalue weighted by Gasteiger charge is 2.34. The minimum atomic E-state index is -0.893. The van der Waals surface area contributed by atoms with Crippen molar-refractivity contribution < 1.29 is 19.1 Å². The van der Waals surface area contributed by atoms with Crippen LogP contribution in [0.25, 0.3) is 11.0 Å². The second-order valence-electron chi connectivity index (χ2n) is 10.1. The van der Waals surface area contributed by atoms with Crippen LogP contribution in [-0.4, -0.2) is 58.5 Å². The topological polar surface area (TPSA) is 98.6 Å². The summed E-state index contributed by atoms with van der Waals surface area (Å²) in [5.41, 5.74) is 3.16. The number of fused-ring (bicyclic) bond motifs is 1. The lowest BCUT2D eigenvalue weighted by Crippen LogP contribution is -2.47. The number of rotatable bonds is 11. The molecule has 0 spiro atoms. The van der Waals surface area contributed by atoms with Crippen molar-refractivity contribution in [2.45, 2.75) is 50.7 Å². The Labute approximate surface area is 234 Å². The Morgan fingerprint density at radius 2 is 1.65 bits per heavy atom. The number of carbonyl (C=O) groups is 2. The van der Waals surface area contributed by atoms with Crippen LogP contribution in [0, 0.1) is 0 Å². The van der Waals surface area contributed by atoms with Crippen molar-refractivity contribution in [2.24, 2.45) is 0 Å². The van der Waals surface area contributed by atoms with Crippen molar-refractivity contribution in [3.05, 3.63) is 83.9 Å². The van der Waals surface area contributed by atoms with Gasteiger partial charge >= 0.3 is 0 Å². The molecule has 1 atom stereocenters. The van der Waals surface area contributed by atoms with Crippen LogP contribution in [0.15, 0.2) is 72.8 Å². The molecule has 2 amide bonds. The van der Waals surface area contributed by atoms with Crippen molar-refractivity contribution in [2.75, 3.05) is 20.8 Å². The summed E-state index contributed by atoms with van der Waals surface area (Å²) in [6.07, 6.45) is 4.61. The van der Waals surface area contributed by atoms with E-state index in [1.165, 1.54) is 0 Å². The number of aromatic nitrogens is 3. The number of methoxy groups -OCH3 is 2. The smallest absolute Gasteiger partial charge is 0.247 e. The predicted molar refractivity (Wildman–Crippen MR) is 152 cm³/mol. The Morgan fingerprint density at radius 3 is 2.35 bits per heavy atom. The molecule has 40 heavy (non-hydrogen) atoms. The summed E-state index contributed by atoms with van der Waals surface area (Å²) in [5, 5.41) is 11.7. The van der Waals surface area contributed by atoms with Crippen molar-refractivity contribution in [1.82, 2.24) is 25.2 Å². The number of benzene rings is 3. The molecule has 0 radical (unpaired) electrons. The zero-order valence-electron chi connectivity index (χ0n) is 23.0. The van der Waals surface area contributed by atoms with E-state index in [4.69, 9.17) is 9.47 Å². The van der Waals surface area contributed by atoms with E-state index >= 15 is 0 Å². The summed E-state index contributed by atoms with van der Waals surface area (Å²) >= 11 is 0. The number of amides is 2. The lowest BCUT2D eigenvalue weighted by atomic mass is 10.0. The zero-order valence-corrected chi connectivity index (χ0v) is 23.0. The van der Waals surface area contributed by atoms with Crippen molar-refractivity contribution in [3.8, 4) is 11.5 Å². The lowest BCUT2D eigenvalue weighted by molar-refractivity contribution is -0.141. The maximum Gasteiger partial charge on any atom is 0.247 e. The predicted octanol–water partition coefficient (Wildman–Crippen LogP) is 4.32. The van der Waals surface area contributed by atoms with Crippen molar-refractivity contribution >= 4 is 22.8 Å². The van der Waals surface area contributed by atoms with Gasteiger partial charge in [0.1, 0.15) is 29.6 Å². The second-order valence-corrected chi connectivity index (χ2v) is 10.1.